The molecule has 0 saturated carbocycles. The van der Waals surface area contributed by atoms with Gasteiger partial charge in [0.2, 0.25) is 0 Å². The van der Waals surface area contributed by atoms with Crippen LogP contribution in [0.3, 0.4) is 0 Å². The van der Waals surface area contributed by atoms with E-state index in [-0.39, 0.29) is 0 Å². The van der Waals surface area contributed by atoms with Gasteiger partial charge in [0.15, 0.2) is 0 Å². The Labute approximate surface area is 45.8 Å². The van der Waals surface area contributed by atoms with Gasteiger partial charge in [-0.2, -0.15) is 0 Å². The van der Waals surface area contributed by atoms with E-state index in [9.17, 15) is 0 Å². The van der Waals surface area contributed by atoms with E-state index in [4.69, 9.17) is 0 Å². The van der Waals surface area contributed by atoms with Crippen molar-refractivity contribution in [2.45, 2.75) is 6.42 Å². The normalized spacial score (nSPS) is 25.8. The molecule has 0 atom stereocenters. The zero-order valence-electron chi connectivity index (χ0n) is 2.95. The molecule has 0 unspecified atom stereocenters. The summed E-state index contributed by atoms with van der Waals surface area (Å²) in [6, 6.07) is 0. The van der Waals surface area contributed by atoms with E-state index in [0.717, 1.165) is 0 Å². The van der Waals surface area contributed by atoms with Gasteiger partial charge in [-0.1, -0.05) is 0 Å². The average molecular weight is 183 g/mol. The first-order valence-corrected chi connectivity index (χ1v) is 2.77. The summed E-state index contributed by atoms with van der Waals surface area (Å²) in [7, 11) is 0. The van der Waals surface area contributed by atoms with Crippen molar-refractivity contribution < 1.29 is 0 Å². The molecule has 1 nitrogen and oxygen atoms in total. The average Bonchev–Trinajstić information content (AvgIpc) is 1.30. The quantitative estimate of drug-likeness (QED) is 0.400. The standard InChI is InChI=1S/C3H6IN/c4-5-2-1-3-5/h1-3H2. The number of hydrogen-bond acceptors (Lipinski definition) is 1. The Kier molecular flexibility index (Phi) is 1.10. The maximum absolute atomic E-state index is 2.33. The summed E-state index contributed by atoms with van der Waals surface area (Å²) in [5, 5.41) is 0. The highest BCUT2D eigenvalue weighted by Gasteiger charge is 2.07. The number of rotatable bonds is 0. The summed E-state index contributed by atoms with van der Waals surface area (Å²) in [5.74, 6) is 0. The van der Waals surface area contributed by atoms with E-state index in [1.54, 1.807) is 0 Å². The molecule has 0 radical (unpaired) electrons. The lowest BCUT2D eigenvalue weighted by Crippen LogP contribution is -2.26. The van der Waals surface area contributed by atoms with Crippen molar-refractivity contribution in [1.82, 2.24) is 3.11 Å². The van der Waals surface area contributed by atoms with Gasteiger partial charge in [-0.3, -0.25) is 0 Å². The molecule has 1 rings (SSSR count). The van der Waals surface area contributed by atoms with Crippen LogP contribution in [0.2, 0.25) is 0 Å². The van der Waals surface area contributed by atoms with Gasteiger partial charge in [0, 0.05) is 36.0 Å². The Morgan fingerprint density at radius 1 is 1.40 bits per heavy atom. The first kappa shape index (κ1) is 3.87. The first-order chi connectivity index (χ1) is 2.39. The summed E-state index contributed by atoms with van der Waals surface area (Å²) in [6.45, 7) is 2.61. The molecule has 0 aromatic rings. The maximum atomic E-state index is 2.33. The minimum Gasteiger partial charge on any atom is -0.247 e. The lowest BCUT2D eigenvalue weighted by Gasteiger charge is -2.22. The summed E-state index contributed by atoms with van der Waals surface area (Å²) in [4.78, 5) is 0. The molecule has 1 fully saturated rings. The molecule has 1 aliphatic heterocycles. The molecule has 1 saturated heterocycles. The first-order valence-electron chi connectivity index (χ1n) is 1.80. The fourth-order valence-corrected chi connectivity index (χ4v) is 0.960. The third-order valence-electron chi connectivity index (χ3n) is 0.801. The van der Waals surface area contributed by atoms with Gasteiger partial charge in [0.05, 0.1) is 0 Å². The molecular formula is C3H6IN. The monoisotopic (exact) mass is 183 g/mol. The van der Waals surface area contributed by atoms with Crippen LogP contribution >= 0.6 is 22.9 Å². The summed E-state index contributed by atoms with van der Waals surface area (Å²) in [6.07, 6.45) is 1.41. The SMILES string of the molecule is IN1CCC1. The Morgan fingerprint density at radius 3 is 1.80 bits per heavy atom. The lowest BCUT2D eigenvalue weighted by atomic mass is 10.3. The minimum atomic E-state index is 1.31. The minimum absolute atomic E-state index is 1.31. The van der Waals surface area contributed by atoms with E-state index in [0.29, 0.717) is 0 Å². The van der Waals surface area contributed by atoms with E-state index < -0.39 is 0 Å². The molecular weight excluding hydrogens is 177 g/mol. The second kappa shape index (κ2) is 1.43. The second-order valence-corrected chi connectivity index (χ2v) is 2.63. The Balaban J connectivity index is 2.08. The van der Waals surface area contributed by atoms with Gasteiger partial charge in [0.25, 0.3) is 0 Å². The van der Waals surface area contributed by atoms with Crippen LogP contribution in [-0.2, 0) is 0 Å². The van der Waals surface area contributed by atoms with Crippen LogP contribution in [0.1, 0.15) is 6.42 Å². The van der Waals surface area contributed by atoms with Gasteiger partial charge in [0.1, 0.15) is 0 Å². The predicted molar refractivity (Wildman–Crippen MR) is 30.2 cm³/mol. The number of halogens is 1. The van der Waals surface area contributed by atoms with Crippen molar-refractivity contribution in [3.8, 4) is 0 Å². The smallest absolute Gasteiger partial charge is 0.0201 e. The zero-order chi connectivity index (χ0) is 3.70. The molecule has 0 spiro atoms. The van der Waals surface area contributed by atoms with Gasteiger partial charge >= 0.3 is 0 Å². The molecule has 0 aromatic carbocycles. The van der Waals surface area contributed by atoms with Crippen molar-refractivity contribution in [3.05, 3.63) is 0 Å². The molecule has 0 amide bonds. The van der Waals surface area contributed by atoms with E-state index in [1.807, 2.05) is 0 Å². The van der Waals surface area contributed by atoms with Crippen molar-refractivity contribution in [3.63, 3.8) is 0 Å². The molecule has 0 aromatic heterocycles. The van der Waals surface area contributed by atoms with Gasteiger partial charge in [-0.15, -0.1) is 0 Å². The molecule has 5 heavy (non-hydrogen) atoms. The molecule has 0 aliphatic carbocycles. The van der Waals surface area contributed by atoms with Crippen LogP contribution in [0, 0.1) is 0 Å². The number of nitrogens with zero attached hydrogens (tertiary/aromatic N) is 1. The molecule has 2 heteroatoms. The molecule has 1 heterocycles. The highest BCUT2D eigenvalue weighted by Crippen LogP contribution is 2.09. The highest BCUT2D eigenvalue weighted by atomic mass is 127. The lowest BCUT2D eigenvalue weighted by molar-refractivity contribution is 0.376. The van der Waals surface area contributed by atoms with E-state index in [2.05, 4.69) is 26.0 Å². The summed E-state index contributed by atoms with van der Waals surface area (Å²) < 4.78 is 2.28. The fraction of sp³-hybridized carbons (Fsp3) is 1.00. The fourth-order valence-electron chi connectivity index (χ4n) is 0.278. The van der Waals surface area contributed by atoms with Crippen molar-refractivity contribution >= 4 is 22.9 Å². The van der Waals surface area contributed by atoms with Gasteiger partial charge in [-0.25, -0.2) is 3.11 Å². The second-order valence-electron chi connectivity index (χ2n) is 1.26. The number of hydrogen-bond donors (Lipinski definition) is 0. The third kappa shape index (κ3) is 0.758. The Bertz CT molecular complexity index is 33.9. The van der Waals surface area contributed by atoms with Crippen LogP contribution < -0.4 is 0 Å². The predicted octanol–water partition coefficient (Wildman–Crippen LogP) is 1.04. The third-order valence-corrected chi connectivity index (χ3v) is 1.77. The van der Waals surface area contributed by atoms with Crippen LogP contribution in [0.15, 0.2) is 0 Å². The molecule has 1 aliphatic rings. The maximum Gasteiger partial charge on any atom is 0.0201 e. The van der Waals surface area contributed by atoms with Crippen molar-refractivity contribution in [2.75, 3.05) is 13.1 Å². The largest absolute Gasteiger partial charge is 0.247 e. The van der Waals surface area contributed by atoms with E-state index >= 15 is 0 Å². The topological polar surface area (TPSA) is 3.24 Å². The summed E-state index contributed by atoms with van der Waals surface area (Å²) in [5.41, 5.74) is 0. The van der Waals surface area contributed by atoms with E-state index in [1.165, 1.54) is 19.5 Å². The van der Waals surface area contributed by atoms with Crippen molar-refractivity contribution in [1.29, 1.82) is 0 Å². The van der Waals surface area contributed by atoms with Crippen LogP contribution in [-0.4, -0.2) is 16.2 Å². The molecule has 30 valence electrons. The Hall–Kier alpha value is 0.690. The molecule has 0 bridgehead atoms. The van der Waals surface area contributed by atoms with Gasteiger partial charge < -0.3 is 0 Å². The summed E-state index contributed by atoms with van der Waals surface area (Å²) >= 11 is 2.33. The van der Waals surface area contributed by atoms with Crippen LogP contribution in [0.4, 0.5) is 0 Å². The molecule has 0 N–H and O–H groups in total. The Morgan fingerprint density at radius 2 is 1.80 bits per heavy atom. The van der Waals surface area contributed by atoms with Gasteiger partial charge in [-0.05, 0) is 6.42 Å². The zero-order valence-corrected chi connectivity index (χ0v) is 5.10. The van der Waals surface area contributed by atoms with Crippen molar-refractivity contribution in [2.24, 2.45) is 0 Å². The highest BCUT2D eigenvalue weighted by molar-refractivity contribution is 14.1. The van der Waals surface area contributed by atoms with Crippen LogP contribution in [0.5, 0.6) is 0 Å². The van der Waals surface area contributed by atoms with Crippen LogP contribution in [0.25, 0.3) is 0 Å².